The lowest BCUT2D eigenvalue weighted by atomic mass is 9.99. The second-order valence-electron chi connectivity index (χ2n) is 13.3. The molecular weight excluding hydrogens is 671 g/mol. The molecule has 4 heteroatoms. The maximum Gasteiger partial charge on any atom is 0.143 e. The summed E-state index contributed by atoms with van der Waals surface area (Å²) in [5.74, 6) is 0. The molecule has 0 atom stereocenters. The van der Waals surface area contributed by atoms with Crippen LogP contribution in [0.5, 0.6) is 0 Å². The van der Waals surface area contributed by atoms with Gasteiger partial charge < -0.3 is 9.32 Å². The number of hydrogen-bond acceptors (Lipinski definition) is 4. The van der Waals surface area contributed by atoms with E-state index in [2.05, 4.69) is 169 Å². The van der Waals surface area contributed by atoms with Crippen molar-refractivity contribution in [1.29, 1.82) is 0 Å². The smallest absolute Gasteiger partial charge is 0.143 e. The van der Waals surface area contributed by atoms with Gasteiger partial charge in [0.2, 0.25) is 0 Å². The van der Waals surface area contributed by atoms with Crippen molar-refractivity contribution >= 4 is 102 Å². The van der Waals surface area contributed by atoms with Gasteiger partial charge in [-0.1, -0.05) is 115 Å². The Morgan fingerprint density at radius 3 is 1.87 bits per heavy atom. The first-order valence-corrected chi connectivity index (χ1v) is 19.1. The Balaban J connectivity index is 1.08. The summed E-state index contributed by atoms with van der Waals surface area (Å²) >= 11 is 3.71. The zero-order valence-corrected chi connectivity index (χ0v) is 29.5. The SMILES string of the molecule is c1cc(-c2cccc3c2oc2ccccc23)cc(N(c2ccc(-c3cccc4sc5ccccc5c34)cc2)c2ccc3c(c2)sc2ccccc23)c1. The maximum atomic E-state index is 6.48. The highest BCUT2D eigenvalue weighted by Gasteiger charge is 2.18. The van der Waals surface area contributed by atoms with E-state index < -0.39 is 0 Å². The normalized spacial score (nSPS) is 11.8. The van der Waals surface area contributed by atoms with Crippen LogP contribution in [0.3, 0.4) is 0 Å². The third-order valence-corrected chi connectivity index (χ3v) is 12.5. The Morgan fingerprint density at radius 2 is 0.981 bits per heavy atom. The van der Waals surface area contributed by atoms with E-state index in [1.54, 1.807) is 0 Å². The fraction of sp³-hybridized carbons (Fsp3) is 0. The van der Waals surface area contributed by atoms with E-state index in [4.69, 9.17) is 4.42 Å². The van der Waals surface area contributed by atoms with Gasteiger partial charge in [-0.25, -0.2) is 0 Å². The van der Waals surface area contributed by atoms with E-state index in [-0.39, 0.29) is 0 Å². The number of anilines is 3. The molecule has 2 nitrogen and oxygen atoms in total. The Kier molecular flexibility index (Phi) is 6.63. The number of rotatable bonds is 5. The number of nitrogens with zero attached hydrogens (tertiary/aromatic N) is 1. The van der Waals surface area contributed by atoms with Crippen LogP contribution in [-0.4, -0.2) is 0 Å². The first kappa shape index (κ1) is 29.5. The summed E-state index contributed by atoms with van der Waals surface area (Å²) in [6.45, 7) is 0. The van der Waals surface area contributed by atoms with Crippen LogP contribution >= 0.6 is 22.7 Å². The molecular formula is C48H29NOS2. The number of hydrogen-bond donors (Lipinski definition) is 0. The third-order valence-electron chi connectivity index (χ3n) is 10.3. The monoisotopic (exact) mass is 699 g/mol. The number of thiophene rings is 2. The molecule has 8 aromatic carbocycles. The first-order chi connectivity index (χ1) is 25.8. The Morgan fingerprint density at radius 1 is 0.365 bits per heavy atom. The van der Waals surface area contributed by atoms with Gasteiger partial charge in [-0.2, -0.15) is 0 Å². The fourth-order valence-electron chi connectivity index (χ4n) is 7.89. The lowest BCUT2D eigenvalue weighted by molar-refractivity contribution is 0.670. The molecule has 0 radical (unpaired) electrons. The van der Waals surface area contributed by atoms with E-state index in [1.807, 2.05) is 34.8 Å². The second-order valence-corrected chi connectivity index (χ2v) is 15.4. The summed E-state index contributed by atoms with van der Waals surface area (Å²) in [5, 5.41) is 7.52. The molecule has 244 valence electrons. The molecule has 0 unspecified atom stereocenters. The summed E-state index contributed by atoms with van der Waals surface area (Å²) in [5.41, 5.74) is 9.81. The van der Waals surface area contributed by atoms with Crippen molar-refractivity contribution in [1.82, 2.24) is 0 Å². The lowest BCUT2D eigenvalue weighted by Crippen LogP contribution is -2.10. The van der Waals surface area contributed by atoms with Crippen LogP contribution < -0.4 is 4.90 Å². The van der Waals surface area contributed by atoms with E-state index in [0.29, 0.717) is 0 Å². The highest BCUT2D eigenvalue weighted by Crippen LogP contribution is 2.44. The number of para-hydroxylation sites is 2. The van der Waals surface area contributed by atoms with Crippen LogP contribution in [0.15, 0.2) is 180 Å². The topological polar surface area (TPSA) is 16.4 Å². The molecule has 11 rings (SSSR count). The molecule has 52 heavy (non-hydrogen) atoms. The molecule has 0 spiro atoms. The van der Waals surface area contributed by atoms with E-state index in [9.17, 15) is 0 Å². The van der Waals surface area contributed by atoms with Crippen LogP contribution in [0.1, 0.15) is 0 Å². The third kappa shape index (κ3) is 4.62. The largest absolute Gasteiger partial charge is 0.455 e. The fourth-order valence-corrected chi connectivity index (χ4v) is 10.2. The minimum atomic E-state index is 0.908. The van der Waals surface area contributed by atoms with Gasteiger partial charge in [0.05, 0.1) is 0 Å². The molecule has 0 bridgehead atoms. The molecule has 0 fully saturated rings. The predicted molar refractivity (Wildman–Crippen MR) is 225 cm³/mol. The minimum absolute atomic E-state index is 0.908. The van der Waals surface area contributed by atoms with Crippen LogP contribution in [0, 0.1) is 0 Å². The highest BCUT2D eigenvalue weighted by atomic mass is 32.1. The maximum absolute atomic E-state index is 6.48. The first-order valence-electron chi connectivity index (χ1n) is 17.5. The summed E-state index contributed by atoms with van der Waals surface area (Å²) in [4.78, 5) is 2.39. The molecule has 3 aromatic heterocycles. The van der Waals surface area contributed by atoms with E-state index >= 15 is 0 Å². The zero-order chi connectivity index (χ0) is 34.2. The highest BCUT2D eigenvalue weighted by molar-refractivity contribution is 7.26. The molecule has 3 heterocycles. The van der Waals surface area contributed by atoms with Crippen LogP contribution in [0.4, 0.5) is 17.1 Å². The molecule has 0 amide bonds. The predicted octanol–water partition coefficient (Wildman–Crippen LogP) is 15.1. The number of fused-ring (bicyclic) bond motifs is 9. The average molecular weight is 700 g/mol. The minimum Gasteiger partial charge on any atom is -0.455 e. The summed E-state index contributed by atoms with van der Waals surface area (Å²) < 4.78 is 11.7. The van der Waals surface area contributed by atoms with Gasteiger partial charge in [0.25, 0.3) is 0 Å². The van der Waals surface area contributed by atoms with Crippen molar-refractivity contribution in [3.8, 4) is 22.3 Å². The molecule has 0 saturated carbocycles. The Labute approximate surface area is 308 Å². The molecule has 0 aliphatic heterocycles. The van der Waals surface area contributed by atoms with Gasteiger partial charge in [0.15, 0.2) is 0 Å². The second kappa shape index (κ2) is 11.7. The molecule has 0 saturated heterocycles. The number of furan rings is 1. The van der Waals surface area contributed by atoms with Crippen LogP contribution in [-0.2, 0) is 0 Å². The molecule has 0 N–H and O–H groups in total. The molecule has 11 aromatic rings. The van der Waals surface area contributed by atoms with E-state index in [1.165, 1.54) is 51.5 Å². The van der Waals surface area contributed by atoms with Crippen molar-refractivity contribution in [2.45, 2.75) is 0 Å². The number of benzene rings is 8. The van der Waals surface area contributed by atoms with Gasteiger partial charge in [-0.3, -0.25) is 0 Å². The Hall–Kier alpha value is -6.20. The standard InChI is InChI=1S/C48H29NOS2/c1-4-18-42-37(12-1)40-17-8-16-36(48(40)50-42)31-10-7-11-33(28-31)49(34-26-27-39-38-13-2-5-19-43(38)52-46(39)29-34)32-24-22-30(23-25-32)35-15-9-21-45-47(35)41-14-3-6-20-44(41)51-45/h1-29H. The van der Waals surface area contributed by atoms with Gasteiger partial charge >= 0.3 is 0 Å². The van der Waals surface area contributed by atoms with Crippen molar-refractivity contribution < 1.29 is 4.42 Å². The average Bonchev–Trinajstić information content (AvgIpc) is 3.89. The molecule has 0 aliphatic carbocycles. The van der Waals surface area contributed by atoms with Gasteiger partial charge in [0.1, 0.15) is 11.2 Å². The van der Waals surface area contributed by atoms with E-state index in [0.717, 1.165) is 50.1 Å². The van der Waals surface area contributed by atoms with Crippen molar-refractivity contribution in [3.05, 3.63) is 176 Å². The van der Waals surface area contributed by atoms with Gasteiger partial charge in [0, 0.05) is 73.7 Å². The molecule has 0 aliphatic rings. The van der Waals surface area contributed by atoms with Crippen LogP contribution in [0.25, 0.3) is 84.5 Å². The Bertz CT molecular complexity index is 3150. The van der Waals surface area contributed by atoms with Crippen LogP contribution in [0.2, 0.25) is 0 Å². The van der Waals surface area contributed by atoms with Crippen molar-refractivity contribution in [2.75, 3.05) is 4.90 Å². The summed E-state index contributed by atoms with van der Waals surface area (Å²) in [7, 11) is 0. The van der Waals surface area contributed by atoms with Crippen molar-refractivity contribution in [2.24, 2.45) is 0 Å². The summed E-state index contributed by atoms with van der Waals surface area (Å²) in [6, 6.07) is 63.7. The van der Waals surface area contributed by atoms with Gasteiger partial charge in [-0.15, -0.1) is 22.7 Å². The summed E-state index contributed by atoms with van der Waals surface area (Å²) in [6.07, 6.45) is 0. The lowest BCUT2D eigenvalue weighted by Gasteiger charge is -2.26. The quantitative estimate of drug-likeness (QED) is 0.178. The van der Waals surface area contributed by atoms with Gasteiger partial charge in [-0.05, 0) is 77.4 Å². The van der Waals surface area contributed by atoms with Crippen molar-refractivity contribution in [3.63, 3.8) is 0 Å². The zero-order valence-electron chi connectivity index (χ0n) is 27.9.